The second-order valence-electron chi connectivity index (χ2n) is 3.84. The van der Waals surface area contributed by atoms with Gasteiger partial charge in [0, 0.05) is 4.47 Å². The van der Waals surface area contributed by atoms with E-state index in [1.54, 1.807) is 12.1 Å². The first-order valence-electron chi connectivity index (χ1n) is 5.31. The SMILES string of the molecule is Cc1ccc(N(c2ccc(Br)cc2)S(=O)O)cc1. The average Bonchev–Trinajstić information content (AvgIpc) is 2.34. The van der Waals surface area contributed by atoms with E-state index in [1.807, 2.05) is 43.3 Å². The molecular formula is C13H12BrNO2S. The zero-order valence-corrected chi connectivity index (χ0v) is 12.1. The van der Waals surface area contributed by atoms with Gasteiger partial charge >= 0.3 is 0 Å². The first-order valence-corrected chi connectivity index (χ1v) is 7.17. The molecule has 0 bridgehead atoms. The van der Waals surface area contributed by atoms with E-state index in [4.69, 9.17) is 0 Å². The Morgan fingerprint density at radius 2 is 1.44 bits per heavy atom. The van der Waals surface area contributed by atoms with Gasteiger partial charge in [-0.2, -0.15) is 0 Å². The van der Waals surface area contributed by atoms with E-state index >= 15 is 0 Å². The first-order chi connectivity index (χ1) is 8.58. The highest BCUT2D eigenvalue weighted by molar-refractivity contribution is 9.10. The van der Waals surface area contributed by atoms with Gasteiger partial charge in [0.1, 0.15) is 0 Å². The average molecular weight is 326 g/mol. The van der Waals surface area contributed by atoms with Crippen molar-refractivity contribution in [3.05, 3.63) is 58.6 Å². The van der Waals surface area contributed by atoms with Crippen LogP contribution < -0.4 is 4.31 Å². The fourth-order valence-electron chi connectivity index (χ4n) is 1.59. The quantitative estimate of drug-likeness (QED) is 0.865. The van der Waals surface area contributed by atoms with E-state index < -0.39 is 11.3 Å². The van der Waals surface area contributed by atoms with Gasteiger partial charge in [0.05, 0.1) is 11.4 Å². The number of anilines is 2. The third-order valence-corrected chi connectivity index (χ3v) is 3.75. The Kier molecular flexibility index (Phi) is 4.16. The maximum atomic E-state index is 11.5. The van der Waals surface area contributed by atoms with E-state index in [-0.39, 0.29) is 0 Å². The number of halogens is 1. The number of rotatable bonds is 3. The van der Waals surface area contributed by atoms with Gasteiger partial charge in [-0.3, -0.25) is 4.55 Å². The zero-order chi connectivity index (χ0) is 13.1. The molecule has 94 valence electrons. The van der Waals surface area contributed by atoms with Gasteiger partial charge < -0.3 is 0 Å². The number of aryl methyl sites for hydroxylation is 1. The highest BCUT2D eigenvalue weighted by Gasteiger charge is 2.14. The van der Waals surface area contributed by atoms with E-state index in [9.17, 15) is 8.76 Å². The Balaban J connectivity index is 2.43. The van der Waals surface area contributed by atoms with E-state index in [1.165, 1.54) is 4.31 Å². The van der Waals surface area contributed by atoms with Gasteiger partial charge in [-0.05, 0) is 43.3 Å². The highest BCUT2D eigenvalue weighted by Crippen LogP contribution is 2.28. The largest absolute Gasteiger partial charge is 0.289 e. The molecule has 0 amide bonds. The molecule has 5 heteroatoms. The minimum atomic E-state index is -2.10. The highest BCUT2D eigenvalue weighted by atomic mass is 79.9. The molecule has 0 aliphatic carbocycles. The van der Waals surface area contributed by atoms with Crippen LogP contribution in [-0.2, 0) is 11.3 Å². The normalized spacial score (nSPS) is 12.2. The Labute approximate surface area is 117 Å². The predicted octanol–water partition coefficient (Wildman–Crippen LogP) is 4.03. The lowest BCUT2D eigenvalue weighted by molar-refractivity contribution is 0.564. The second kappa shape index (κ2) is 5.65. The smallest absolute Gasteiger partial charge is 0.266 e. The summed E-state index contributed by atoms with van der Waals surface area (Å²) in [5.74, 6) is 0. The van der Waals surface area contributed by atoms with Crippen LogP contribution in [0.4, 0.5) is 11.4 Å². The summed E-state index contributed by atoms with van der Waals surface area (Å²) >= 11 is 1.24. The Morgan fingerprint density at radius 3 is 1.89 bits per heavy atom. The second-order valence-corrected chi connectivity index (χ2v) is 5.58. The van der Waals surface area contributed by atoms with Crippen molar-refractivity contribution in [3.63, 3.8) is 0 Å². The van der Waals surface area contributed by atoms with Crippen LogP contribution in [0.25, 0.3) is 0 Å². The summed E-state index contributed by atoms with van der Waals surface area (Å²) in [6, 6.07) is 14.7. The number of hydrogen-bond acceptors (Lipinski definition) is 1. The topological polar surface area (TPSA) is 40.5 Å². The summed E-state index contributed by atoms with van der Waals surface area (Å²) in [5, 5.41) is 0. The number of benzene rings is 2. The minimum absolute atomic E-state index is 0.669. The van der Waals surface area contributed by atoms with Crippen molar-refractivity contribution in [2.24, 2.45) is 0 Å². The van der Waals surface area contributed by atoms with Gasteiger partial charge in [0.25, 0.3) is 11.3 Å². The van der Waals surface area contributed by atoms with Crippen LogP contribution in [-0.4, -0.2) is 8.76 Å². The third kappa shape index (κ3) is 2.98. The van der Waals surface area contributed by atoms with Gasteiger partial charge in [-0.15, -0.1) is 0 Å². The summed E-state index contributed by atoms with van der Waals surface area (Å²) in [6.45, 7) is 1.98. The molecule has 2 aromatic rings. The summed E-state index contributed by atoms with van der Waals surface area (Å²) in [5.41, 5.74) is 2.46. The van der Waals surface area contributed by atoms with Crippen molar-refractivity contribution in [1.29, 1.82) is 0 Å². The van der Waals surface area contributed by atoms with Crippen molar-refractivity contribution < 1.29 is 8.76 Å². The number of nitrogens with zero attached hydrogens (tertiary/aromatic N) is 1. The maximum absolute atomic E-state index is 11.5. The van der Waals surface area contributed by atoms with Crippen LogP contribution in [0.3, 0.4) is 0 Å². The molecule has 2 rings (SSSR count). The molecule has 0 spiro atoms. The van der Waals surface area contributed by atoms with Crippen LogP contribution in [0.15, 0.2) is 53.0 Å². The lowest BCUT2D eigenvalue weighted by atomic mass is 10.2. The van der Waals surface area contributed by atoms with Gasteiger partial charge in [-0.1, -0.05) is 33.6 Å². The Bertz CT molecular complexity index is 509. The molecular weight excluding hydrogens is 314 g/mol. The van der Waals surface area contributed by atoms with Crippen molar-refractivity contribution >= 4 is 38.6 Å². The fourth-order valence-corrected chi connectivity index (χ4v) is 2.45. The summed E-state index contributed by atoms with van der Waals surface area (Å²) in [4.78, 5) is 0. The van der Waals surface area contributed by atoms with Crippen LogP contribution in [0, 0.1) is 6.92 Å². The monoisotopic (exact) mass is 325 g/mol. The molecule has 0 heterocycles. The molecule has 1 atom stereocenters. The molecule has 2 aromatic carbocycles. The molecule has 1 unspecified atom stereocenters. The third-order valence-electron chi connectivity index (χ3n) is 2.49. The van der Waals surface area contributed by atoms with Gasteiger partial charge in [0.2, 0.25) is 0 Å². The molecule has 0 aliphatic rings. The molecule has 18 heavy (non-hydrogen) atoms. The van der Waals surface area contributed by atoms with Crippen LogP contribution in [0.1, 0.15) is 5.56 Å². The Morgan fingerprint density at radius 1 is 1.00 bits per heavy atom. The van der Waals surface area contributed by atoms with Crippen molar-refractivity contribution in [2.75, 3.05) is 4.31 Å². The van der Waals surface area contributed by atoms with E-state index in [0.717, 1.165) is 10.0 Å². The van der Waals surface area contributed by atoms with Crippen LogP contribution >= 0.6 is 15.9 Å². The predicted molar refractivity (Wildman–Crippen MR) is 78.2 cm³/mol. The summed E-state index contributed by atoms with van der Waals surface area (Å²) < 4.78 is 23.2. The lowest BCUT2D eigenvalue weighted by Crippen LogP contribution is -2.18. The van der Waals surface area contributed by atoms with Crippen molar-refractivity contribution in [2.45, 2.75) is 6.92 Å². The standard InChI is InChI=1S/C13H12BrNO2S/c1-10-2-6-12(7-3-10)15(18(16)17)13-8-4-11(14)5-9-13/h2-9H,1H3,(H,16,17). The molecule has 3 nitrogen and oxygen atoms in total. The first kappa shape index (κ1) is 13.3. The lowest BCUT2D eigenvalue weighted by Gasteiger charge is -2.20. The van der Waals surface area contributed by atoms with Gasteiger partial charge in [0.15, 0.2) is 0 Å². The summed E-state index contributed by atoms with van der Waals surface area (Å²) in [6.07, 6.45) is 0. The van der Waals surface area contributed by atoms with Gasteiger partial charge in [-0.25, -0.2) is 8.51 Å². The molecule has 1 N–H and O–H groups in total. The number of hydrogen-bond donors (Lipinski definition) is 1. The maximum Gasteiger partial charge on any atom is 0.266 e. The van der Waals surface area contributed by atoms with Crippen LogP contribution in [0.2, 0.25) is 0 Å². The minimum Gasteiger partial charge on any atom is -0.289 e. The van der Waals surface area contributed by atoms with Crippen molar-refractivity contribution in [3.8, 4) is 0 Å². The van der Waals surface area contributed by atoms with Crippen molar-refractivity contribution in [1.82, 2.24) is 0 Å². The molecule has 0 fully saturated rings. The fraction of sp³-hybridized carbons (Fsp3) is 0.0769. The van der Waals surface area contributed by atoms with E-state index in [2.05, 4.69) is 15.9 Å². The zero-order valence-electron chi connectivity index (χ0n) is 9.71. The molecule has 0 aromatic heterocycles. The molecule has 0 saturated carbocycles. The summed E-state index contributed by atoms with van der Waals surface area (Å²) in [7, 11) is 0. The molecule has 0 radical (unpaired) electrons. The molecule has 0 aliphatic heterocycles. The molecule has 0 saturated heterocycles. The van der Waals surface area contributed by atoms with Crippen LogP contribution in [0.5, 0.6) is 0 Å². The Hall–Kier alpha value is -1.17. The van der Waals surface area contributed by atoms with E-state index in [0.29, 0.717) is 11.4 Å².